The summed E-state index contributed by atoms with van der Waals surface area (Å²) in [6.45, 7) is 0.925. The monoisotopic (exact) mass is 283 g/mol. The maximum absolute atomic E-state index is 13.0. The van der Waals surface area contributed by atoms with Crippen molar-refractivity contribution in [1.29, 1.82) is 0 Å². The molecule has 1 N–H and O–H groups in total. The first-order valence-electron chi connectivity index (χ1n) is 5.26. The highest BCUT2D eigenvalue weighted by Gasteiger charge is 2.41. The summed E-state index contributed by atoms with van der Waals surface area (Å²) in [4.78, 5) is 1.86. The van der Waals surface area contributed by atoms with Gasteiger partial charge in [-0.05, 0) is 25.7 Å². The molecule has 1 unspecified atom stereocenters. The van der Waals surface area contributed by atoms with Crippen molar-refractivity contribution >= 4 is 11.6 Å². The molecular formula is C10H16ClF2N3O2. The number of likely N-dealkylation sites (N-methyl/N-ethyl adjacent to an activating group) is 1. The highest BCUT2D eigenvalue weighted by Crippen LogP contribution is 2.38. The second-order valence-electron chi connectivity index (χ2n) is 4.07. The number of hydrogen-bond donors (Lipinski definition) is 1. The van der Waals surface area contributed by atoms with Crippen molar-refractivity contribution in [2.45, 2.75) is 18.0 Å². The van der Waals surface area contributed by atoms with Crippen LogP contribution in [0.25, 0.3) is 0 Å². The minimum Gasteiger partial charge on any atom is -0.493 e. The summed E-state index contributed by atoms with van der Waals surface area (Å²) in [6.07, 6.45) is -0.893. The molecule has 0 spiro atoms. The average molecular weight is 284 g/mol. The minimum absolute atomic E-state index is 0.0848. The Hall–Kier alpha value is -0.920. The minimum atomic E-state index is -3.77. The predicted molar refractivity (Wildman–Crippen MR) is 63.1 cm³/mol. The van der Waals surface area contributed by atoms with Crippen LogP contribution in [0.5, 0.6) is 5.75 Å². The number of halogens is 3. The Morgan fingerprint density at radius 2 is 2.22 bits per heavy atom. The Morgan fingerprint density at radius 1 is 1.61 bits per heavy atom. The molecule has 5 nitrogen and oxygen atoms in total. The first kappa shape index (κ1) is 15.1. The van der Waals surface area contributed by atoms with Gasteiger partial charge in [0.25, 0.3) is 0 Å². The molecule has 0 amide bonds. The van der Waals surface area contributed by atoms with Crippen LogP contribution in [0.1, 0.15) is 11.8 Å². The Labute approximate surface area is 109 Å². The first-order chi connectivity index (χ1) is 8.27. The van der Waals surface area contributed by atoms with Crippen molar-refractivity contribution in [2.24, 2.45) is 0 Å². The molecule has 0 aliphatic heterocycles. The van der Waals surface area contributed by atoms with E-state index in [0.717, 1.165) is 0 Å². The second-order valence-corrected chi connectivity index (χ2v) is 4.57. The van der Waals surface area contributed by atoms with E-state index in [-0.39, 0.29) is 11.4 Å². The fraction of sp³-hybridized carbons (Fsp3) is 0.700. The summed E-state index contributed by atoms with van der Waals surface area (Å²) in [6, 6.07) is 0. The van der Waals surface area contributed by atoms with E-state index < -0.39 is 11.5 Å². The summed E-state index contributed by atoms with van der Waals surface area (Å²) < 4.78 is 32.1. The van der Waals surface area contributed by atoms with Crippen LogP contribution in [-0.4, -0.2) is 52.9 Å². The lowest BCUT2D eigenvalue weighted by molar-refractivity contribution is -0.0479. The average Bonchev–Trinajstić information content (AvgIpc) is 2.66. The van der Waals surface area contributed by atoms with E-state index in [0.29, 0.717) is 13.1 Å². The third-order valence-corrected chi connectivity index (χ3v) is 2.60. The molecule has 0 fully saturated rings. The van der Waals surface area contributed by atoms with Crippen LogP contribution in [0.3, 0.4) is 0 Å². The van der Waals surface area contributed by atoms with Crippen molar-refractivity contribution in [2.75, 3.05) is 27.7 Å². The largest absolute Gasteiger partial charge is 0.493 e. The normalized spacial score (nSPS) is 14.0. The number of ether oxygens (including phenoxy) is 1. The summed E-state index contributed by atoms with van der Waals surface area (Å²) in [5, 5.41) is 9.70. The number of alkyl halides is 3. The summed E-state index contributed by atoms with van der Waals surface area (Å²) in [5.74, 6) is 0.0848. The predicted octanol–water partition coefficient (Wildman–Crippen LogP) is 1.32. The Morgan fingerprint density at radius 3 is 2.67 bits per heavy atom. The molecule has 104 valence electrons. The summed E-state index contributed by atoms with van der Waals surface area (Å²) in [7, 11) is 5.00. The van der Waals surface area contributed by atoms with Crippen molar-refractivity contribution < 1.29 is 18.6 Å². The van der Waals surface area contributed by atoms with Gasteiger partial charge in [-0.2, -0.15) is 13.9 Å². The van der Waals surface area contributed by atoms with Crippen molar-refractivity contribution in [3.63, 3.8) is 0 Å². The van der Waals surface area contributed by atoms with Gasteiger partial charge in [0.05, 0.1) is 19.9 Å². The maximum atomic E-state index is 13.0. The number of hydrogen-bond acceptors (Lipinski definition) is 4. The zero-order valence-corrected chi connectivity index (χ0v) is 11.2. The van der Waals surface area contributed by atoms with Gasteiger partial charge in [-0.1, -0.05) is 0 Å². The third-order valence-electron chi connectivity index (χ3n) is 2.39. The molecule has 1 atom stereocenters. The molecule has 1 heterocycles. The van der Waals surface area contributed by atoms with Crippen molar-refractivity contribution in [1.82, 2.24) is 14.7 Å². The fourth-order valence-electron chi connectivity index (χ4n) is 1.44. The number of nitrogens with zero attached hydrogens (tertiary/aromatic N) is 3. The quantitative estimate of drug-likeness (QED) is 0.800. The van der Waals surface area contributed by atoms with E-state index in [1.54, 1.807) is 0 Å². The number of methoxy groups -OCH3 is 1. The molecule has 1 aromatic rings. The molecule has 0 aliphatic carbocycles. The summed E-state index contributed by atoms with van der Waals surface area (Å²) >= 11 is 4.85. The zero-order valence-electron chi connectivity index (χ0n) is 10.4. The van der Waals surface area contributed by atoms with Crippen LogP contribution in [0.15, 0.2) is 6.20 Å². The van der Waals surface area contributed by atoms with Crippen LogP contribution < -0.4 is 4.74 Å². The lowest BCUT2D eigenvalue weighted by atomic mass is 10.2. The molecule has 0 bridgehead atoms. The van der Waals surface area contributed by atoms with Crippen molar-refractivity contribution in [3.05, 3.63) is 11.9 Å². The summed E-state index contributed by atoms with van der Waals surface area (Å²) in [5.41, 5.74) is -0.126. The van der Waals surface area contributed by atoms with E-state index >= 15 is 0 Å². The molecule has 1 aromatic heterocycles. The fourth-order valence-corrected chi connectivity index (χ4v) is 1.54. The van der Waals surface area contributed by atoms with E-state index in [9.17, 15) is 13.9 Å². The topological polar surface area (TPSA) is 50.5 Å². The zero-order chi connectivity index (χ0) is 13.9. The van der Waals surface area contributed by atoms with E-state index in [4.69, 9.17) is 16.3 Å². The van der Waals surface area contributed by atoms with E-state index in [1.165, 1.54) is 18.0 Å². The highest BCUT2D eigenvalue weighted by atomic mass is 35.5. The molecule has 8 heteroatoms. The molecule has 0 radical (unpaired) electrons. The van der Waals surface area contributed by atoms with Crippen LogP contribution in [0, 0.1) is 0 Å². The maximum Gasteiger partial charge on any atom is 0.352 e. The number of aliphatic hydroxyl groups is 1. The van der Waals surface area contributed by atoms with Gasteiger partial charge >= 0.3 is 5.38 Å². The Bertz CT molecular complexity index is 393. The van der Waals surface area contributed by atoms with Gasteiger partial charge in [-0.25, -0.2) is 0 Å². The second kappa shape index (κ2) is 5.81. The van der Waals surface area contributed by atoms with Gasteiger partial charge in [0, 0.05) is 6.54 Å². The van der Waals surface area contributed by atoms with Gasteiger partial charge in [0.15, 0.2) is 11.9 Å². The Kier molecular flexibility index (Phi) is 4.89. The SMILES string of the molecule is COc1cnn(CCN(C)C)c1C(O)C(F)(F)Cl. The van der Waals surface area contributed by atoms with Gasteiger partial charge in [0.2, 0.25) is 0 Å². The lowest BCUT2D eigenvalue weighted by Gasteiger charge is -2.19. The number of rotatable bonds is 6. The van der Waals surface area contributed by atoms with Crippen LogP contribution >= 0.6 is 11.6 Å². The molecule has 0 saturated heterocycles. The Balaban J connectivity index is 3.02. The molecule has 0 saturated carbocycles. The third kappa shape index (κ3) is 3.54. The molecule has 1 rings (SSSR count). The van der Waals surface area contributed by atoms with E-state index in [1.807, 2.05) is 19.0 Å². The smallest absolute Gasteiger partial charge is 0.352 e. The lowest BCUT2D eigenvalue weighted by Crippen LogP contribution is -2.26. The van der Waals surface area contributed by atoms with Crippen LogP contribution in [0.4, 0.5) is 8.78 Å². The number of aromatic nitrogens is 2. The molecule has 0 aliphatic rings. The van der Waals surface area contributed by atoms with Crippen LogP contribution in [0.2, 0.25) is 0 Å². The molecular weight excluding hydrogens is 268 g/mol. The first-order valence-corrected chi connectivity index (χ1v) is 5.64. The number of aliphatic hydroxyl groups excluding tert-OH is 1. The molecule has 0 aromatic carbocycles. The van der Waals surface area contributed by atoms with Crippen molar-refractivity contribution in [3.8, 4) is 5.75 Å². The van der Waals surface area contributed by atoms with Gasteiger partial charge in [-0.3, -0.25) is 4.68 Å². The van der Waals surface area contributed by atoms with Gasteiger partial charge in [-0.15, -0.1) is 0 Å². The van der Waals surface area contributed by atoms with E-state index in [2.05, 4.69) is 5.10 Å². The standard InChI is InChI=1S/C10H16ClF2N3O2/c1-15(2)4-5-16-8(7(18-3)6-14-16)9(17)10(11,12)13/h6,9,17H,4-5H2,1-3H3. The highest BCUT2D eigenvalue weighted by molar-refractivity contribution is 6.22. The van der Waals surface area contributed by atoms with Gasteiger partial charge in [0.1, 0.15) is 5.69 Å². The van der Waals surface area contributed by atoms with Gasteiger partial charge < -0.3 is 14.7 Å². The van der Waals surface area contributed by atoms with Crippen LogP contribution in [-0.2, 0) is 6.54 Å². The molecule has 18 heavy (non-hydrogen) atoms.